The second-order valence-corrected chi connectivity index (χ2v) is 6.97. The summed E-state index contributed by atoms with van der Waals surface area (Å²) in [6.45, 7) is 1.60. The van der Waals surface area contributed by atoms with Crippen LogP contribution in [0, 0.1) is 11.6 Å². The van der Waals surface area contributed by atoms with Gasteiger partial charge in [0.1, 0.15) is 11.9 Å². The molecule has 10 heteroatoms. The minimum atomic E-state index is -1.05. The van der Waals surface area contributed by atoms with Gasteiger partial charge in [0.2, 0.25) is 5.75 Å². The van der Waals surface area contributed by atoms with E-state index in [2.05, 4.69) is 16.2 Å². The van der Waals surface area contributed by atoms with Gasteiger partial charge >= 0.3 is 0 Å². The number of amides is 1. The summed E-state index contributed by atoms with van der Waals surface area (Å²) in [6.07, 6.45) is -0.473. The maximum absolute atomic E-state index is 13.3. The maximum Gasteiger partial charge on any atom is 0.259 e. The number of carbonyl (C=O) groups is 1. The highest BCUT2D eigenvalue weighted by atomic mass is 19.2. The minimum absolute atomic E-state index is 0.0415. The molecule has 3 atom stereocenters. The van der Waals surface area contributed by atoms with Crippen molar-refractivity contribution in [1.82, 2.24) is 16.2 Å². The predicted molar refractivity (Wildman–Crippen MR) is 108 cm³/mol. The lowest BCUT2D eigenvalue weighted by atomic mass is 9.90. The number of hydrogen-bond donors (Lipinski definition) is 3. The molecular formula is C21H25F2N3O5. The van der Waals surface area contributed by atoms with Crippen molar-refractivity contribution < 1.29 is 32.5 Å². The summed E-state index contributed by atoms with van der Waals surface area (Å²) in [6, 6.07) is 6.69. The molecule has 3 unspecified atom stereocenters. The summed E-state index contributed by atoms with van der Waals surface area (Å²) in [7, 11) is 4.59. The normalized spacial score (nSPS) is 20.3. The van der Waals surface area contributed by atoms with Crippen molar-refractivity contribution in [2.24, 2.45) is 0 Å². The third-order valence-corrected chi connectivity index (χ3v) is 5.01. The quantitative estimate of drug-likeness (QED) is 0.583. The number of nitrogens with one attached hydrogen (secondary N) is 3. The van der Waals surface area contributed by atoms with Crippen LogP contribution in [0.3, 0.4) is 0 Å². The molecule has 2 aromatic carbocycles. The molecule has 8 nitrogen and oxygen atoms in total. The lowest BCUT2D eigenvalue weighted by molar-refractivity contribution is -0.124. The third kappa shape index (κ3) is 4.97. The van der Waals surface area contributed by atoms with Crippen molar-refractivity contribution in [1.29, 1.82) is 0 Å². The van der Waals surface area contributed by atoms with Gasteiger partial charge in [-0.05, 0) is 36.8 Å². The molecule has 0 saturated carbocycles. The Morgan fingerprint density at radius 2 is 1.68 bits per heavy atom. The number of methoxy groups -OCH3 is 3. The zero-order valence-corrected chi connectivity index (χ0v) is 17.6. The Hall–Kier alpha value is -3.11. The van der Waals surface area contributed by atoms with E-state index in [1.54, 1.807) is 0 Å². The van der Waals surface area contributed by atoms with Gasteiger partial charge in [0, 0.05) is 18.0 Å². The highest BCUT2D eigenvalue weighted by Crippen LogP contribution is 2.41. The fraction of sp³-hybridized carbons (Fsp3) is 0.381. The topological polar surface area (TPSA) is 90.1 Å². The number of halogens is 2. The molecule has 0 radical (unpaired) electrons. The first-order valence-electron chi connectivity index (χ1n) is 9.56. The van der Waals surface area contributed by atoms with Crippen molar-refractivity contribution in [2.45, 2.75) is 25.0 Å². The second-order valence-electron chi connectivity index (χ2n) is 6.97. The van der Waals surface area contributed by atoms with E-state index >= 15 is 0 Å². The van der Waals surface area contributed by atoms with Crippen molar-refractivity contribution >= 4 is 5.91 Å². The van der Waals surface area contributed by atoms with Gasteiger partial charge in [-0.3, -0.25) is 10.2 Å². The number of benzene rings is 2. The molecule has 2 aromatic rings. The van der Waals surface area contributed by atoms with Crippen LogP contribution in [0.5, 0.6) is 23.0 Å². The van der Waals surface area contributed by atoms with Crippen LogP contribution in [0.15, 0.2) is 30.3 Å². The number of hydrogen-bond acceptors (Lipinski definition) is 7. The molecule has 0 spiro atoms. The van der Waals surface area contributed by atoms with Gasteiger partial charge < -0.3 is 24.3 Å². The van der Waals surface area contributed by atoms with Gasteiger partial charge in [-0.2, -0.15) is 0 Å². The molecule has 168 valence electrons. The SMILES string of the molecule is COc1cc(C2C(C)NNC2NC(=O)COc2ccc(F)c(F)c2)cc(OC)c1OC. The highest BCUT2D eigenvalue weighted by molar-refractivity contribution is 5.78. The Morgan fingerprint density at radius 1 is 1.00 bits per heavy atom. The molecule has 31 heavy (non-hydrogen) atoms. The van der Waals surface area contributed by atoms with Gasteiger partial charge in [-0.15, -0.1) is 0 Å². The van der Waals surface area contributed by atoms with E-state index in [-0.39, 0.29) is 24.3 Å². The summed E-state index contributed by atoms with van der Waals surface area (Å²) in [5, 5.41) is 2.84. The van der Waals surface area contributed by atoms with E-state index in [0.29, 0.717) is 17.2 Å². The lowest BCUT2D eigenvalue weighted by Gasteiger charge is -2.24. The van der Waals surface area contributed by atoms with E-state index in [4.69, 9.17) is 18.9 Å². The van der Waals surface area contributed by atoms with Crippen LogP contribution < -0.4 is 35.1 Å². The molecule has 0 aliphatic carbocycles. The number of ether oxygens (including phenoxy) is 4. The standard InChI is InChI=1S/C21H25F2N3O5/c1-11-19(12-7-16(28-2)20(30-4)17(8-12)29-3)21(26-25-11)24-18(27)10-31-13-5-6-14(22)15(23)9-13/h5-9,11,19,21,25-26H,10H2,1-4H3,(H,24,27). The molecule has 0 aromatic heterocycles. The average molecular weight is 437 g/mol. The highest BCUT2D eigenvalue weighted by Gasteiger charge is 2.36. The Bertz CT molecular complexity index is 918. The van der Waals surface area contributed by atoms with Crippen LogP contribution in [-0.4, -0.2) is 46.1 Å². The predicted octanol–water partition coefficient (Wildman–Crippen LogP) is 2.09. The smallest absolute Gasteiger partial charge is 0.259 e. The first-order valence-corrected chi connectivity index (χ1v) is 9.56. The zero-order chi connectivity index (χ0) is 22.5. The van der Waals surface area contributed by atoms with E-state index in [1.165, 1.54) is 27.4 Å². The van der Waals surface area contributed by atoms with Crippen LogP contribution in [0.1, 0.15) is 18.4 Å². The van der Waals surface area contributed by atoms with Gasteiger partial charge in [-0.25, -0.2) is 14.2 Å². The van der Waals surface area contributed by atoms with Gasteiger partial charge in [0.25, 0.3) is 5.91 Å². The van der Waals surface area contributed by atoms with Crippen LogP contribution in [0.4, 0.5) is 8.78 Å². The maximum atomic E-state index is 13.3. The molecule has 1 amide bonds. The van der Waals surface area contributed by atoms with Crippen LogP contribution in [0.25, 0.3) is 0 Å². The minimum Gasteiger partial charge on any atom is -0.493 e. The van der Waals surface area contributed by atoms with Crippen molar-refractivity contribution in [3.8, 4) is 23.0 Å². The first kappa shape index (κ1) is 22.6. The molecule has 1 fully saturated rings. The van der Waals surface area contributed by atoms with Crippen molar-refractivity contribution in [3.63, 3.8) is 0 Å². The molecule has 3 rings (SSSR count). The average Bonchev–Trinajstić information content (AvgIpc) is 3.13. The van der Waals surface area contributed by atoms with Crippen molar-refractivity contribution in [3.05, 3.63) is 47.5 Å². The monoisotopic (exact) mass is 437 g/mol. The second kappa shape index (κ2) is 9.80. The largest absolute Gasteiger partial charge is 0.493 e. The van der Waals surface area contributed by atoms with Crippen LogP contribution in [0.2, 0.25) is 0 Å². The van der Waals surface area contributed by atoms with E-state index in [9.17, 15) is 13.6 Å². The molecule has 3 N–H and O–H groups in total. The molecule has 1 aliphatic rings. The number of rotatable bonds is 8. The Morgan fingerprint density at radius 3 is 2.26 bits per heavy atom. The van der Waals surface area contributed by atoms with Gasteiger partial charge in [0.05, 0.1) is 21.3 Å². The third-order valence-electron chi connectivity index (χ3n) is 5.01. The molecule has 0 bridgehead atoms. The first-order chi connectivity index (χ1) is 14.9. The Kier molecular flexibility index (Phi) is 7.13. The van der Waals surface area contributed by atoms with Crippen LogP contribution >= 0.6 is 0 Å². The van der Waals surface area contributed by atoms with E-state index in [0.717, 1.165) is 17.7 Å². The fourth-order valence-electron chi connectivity index (χ4n) is 3.52. The lowest BCUT2D eigenvalue weighted by Crippen LogP contribution is -2.47. The summed E-state index contributed by atoms with van der Waals surface area (Å²) < 4.78 is 47.8. The Balaban J connectivity index is 1.73. The number of carbonyl (C=O) groups excluding carboxylic acids is 1. The van der Waals surface area contributed by atoms with E-state index in [1.807, 2.05) is 19.1 Å². The summed E-state index contributed by atoms with van der Waals surface area (Å²) in [4.78, 5) is 12.4. The van der Waals surface area contributed by atoms with Gasteiger partial charge in [0.15, 0.2) is 29.7 Å². The number of hydrazine groups is 1. The molecule has 1 heterocycles. The Labute approximate surface area is 178 Å². The summed E-state index contributed by atoms with van der Waals surface area (Å²) in [5.74, 6) is -1.11. The molecule has 1 aliphatic heterocycles. The molecule has 1 saturated heterocycles. The summed E-state index contributed by atoms with van der Waals surface area (Å²) in [5.41, 5.74) is 7.00. The fourth-order valence-corrected chi connectivity index (χ4v) is 3.52. The van der Waals surface area contributed by atoms with Crippen molar-refractivity contribution in [2.75, 3.05) is 27.9 Å². The zero-order valence-electron chi connectivity index (χ0n) is 17.6. The van der Waals surface area contributed by atoms with Gasteiger partial charge in [-0.1, -0.05) is 0 Å². The van der Waals surface area contributed by atoms with Crippen LogP contribution in [-0.2, 0) is 4.79 Å². The summed E-state index contributed by atoms with van der Waals surface area (Å²) >= 11 is 0. The molecular weight excluding hydrogens is 412 g/mol. The van der Waals surface area contributed by atoms with E-state index < -0.39 is 23.7 Å².